The molecule has 0 saturated heterocycles. The van der Waals surface area contributed by atoms with Gasteiger partial charge in [0.25, 0.3) is 11.5 Å². The van der Waals surface area contributed by atoms with E-state index in [1.165, 1.54) is 16.2 Å². The van der Waals surface area contributed by atoms with Crippen LogP contribution in [-0.4, -0.2) is 27.1 Å². The SMILES string of the molecule is C[C@H]1CCc2c(sc3nnn(CC(=O)N/N=C\c4cccs4)c(=O)c23)C1. The number of aromatic nitrogens is 3. The Morgan fingerprint density at radius 1 is 1.54 bits per heavy atom. The number of carbonyl (C=O) groups excluding carboxylic acids is 1. The lowest BCUT2D eigenvalue weighted by Gasteiger charge is -2.17. The maximum atomic E-state index is 12.8. The number of amides is 1. The number of hydrazone groups is 1. The zero-order valence-electron chi connectivity index (χ0n) is 14.1. The van der Waals surface area contributed by atoms with Crippen LogP contribution in [0.2, 0.25) is 0 Å². The summed E-state index contributed by atoms with van der Waals surface area (Å²) in [5.74, 6) is 0.212. The predicted octanol–water partition coefficient (Wildman–Crippen LogP) is 2.19. The Morgan fingerprint density at radius 3 is 3.23 bits per heavy atom. The van der Waals surface area contributed by atoms with E-state index in [-0.39, 0.29) is 12.1 Å². The summed E-state index contributed by atoms with van der Waals surface area (Å²) in [7, 11) is 0. The molecule has 9 heteroatoms. The van der Waals surface area contributed by atoms with Crippen molar-refractivity contribution in [1.82, 2.24) is 20.4 Å². The molecule has 0 saturated carbocycles. The minimum atomic E-state index is -0.411. The quantitative estimate of drug-likeness (QED) is 0.549. The Kier molecular flexibility index (Phi) is 4.64. The van der Waals surface area contributed by atoms with E-state index in [1.807, 2.05) is 17.5 Å². The molecular formula is C17H17N5O2S2. The molecule has 0 aromatic carbocycles. The number of carbonyl (C=O) groups is 1. The number of rotatable bonds is 4. The number of aryl methyl sites for hydroxylation is 1. The summed E-state index contributed by atoms with van der Waals surface area (Å²) in [4.78, 5) is 27.7. The van der Waals surface area contributed by atoms with Crippen LogP contribution in [0.15, 0.2) is 27.4 Å². The van der Waals surface area contributed by atoms with E-state index in [2.05, 4.69) is 27.8 Å². The van der Waals surface area contributed by atoms with Crippen LogP contribution in [0, 0.1) is 5.92 Å². The van der Waals surface area contributed by atoms with E-state index < -0.39 is 5.91 Å². The first kappa shape index (κ1) is 17.0. The van der Waals surface area contributed by atoms with Gasteiger partial charge in [0.2, 0.25) is 0 Å². The third-order valence-electron chi connectivity index (χ3n) is 4.40. The molecule has 134 valence electrons. The molecule has 0 spiro atoms. The first-order valence-corrected chi connectivity index (χ1v) is 10.0. The Hall–Kier alpha value is -2.39. The van der Waals surface area contributed by atoms with Crippen LogP contribution < -0.4 is 11.0 Å². The molecule has 0 fully saturated rings. The smallest absolute Gasteiger partial charge is 0.271 e. The first-order valence-electron chi connectivity index (χ1n) is 8.35. The minimum absolute atomic E-state index is 0.204. The fourth-order valence-electron chi connectivity index (χ4n) is 3.10. The largest absolute Gasteiger partial charge is 0.279 e. The highest BCUT2D eigenvalue weighted by molar-refractivity contribution is 7.18. The Labute approximate surface area is 157 Å². The van der Waals surface area contributed by atoms with Crippen LogP contribution in [0.5, 0.6) is 0 Å². The maximum absolute atomic E-state index is 12.8. The Morgan fingerprint density at radius 2 is 2.42 bits per heavy atom. The molecule has 7 nitrogen and oxygen atoms in total. The molecule has 3 aromatic heterocycles. The number of nitrogens with one attached hydrogen (secondary N) is 1. The number of hydrogen-bond acceptors (Lipinski definition) is 7. The number of nitrogens with zero attached hydrogens (tertiary/aromatic N) is 4. The van der Waals surface area contributed by atoms with E-state index >= 15 is 0 Å². The molecule has 1 N–H and O–H groups in total. The normalized spacial score (nSPS) is 16.9. The molecule has 0 bridgehead atoms. The van der Waals surface area contributed by atoms with E-state index in [0.717, 1.165) is 34.4 Å². The lowest BCUT2D eigenvalue weighted by Crippen LogP contribution is -2.32. The third kappa shape index (κ3) is 3.32. The number of hydrogen-bond donors (Lipinski definition) is 1. The highest BCUT2D eigenvalue weighted by Crippen LogP contribution is 2.35. The molecule has 4 rings (SSSR count). The number of fused-ring (bicyclic) bond motifs is 3. The summed E-state index contributed by atoms with van der Waals surface area (Å²) in [6.45, 7) is 2.02. The van der Waals surface area contributed by atoms with Crippen molar-refractivity contribution in [3.63, 3.8) is 0 Å². The zero-order chi connectivity index (χ0) is 18.1. The van der Waals surface area contributed by atoms with Crippen molar-refractivity contribution in [3.8, 4) is 0 Å². The van der Waals surface area contributed by atoms with Gasteiger partial charge in [-0.15, -0.1) is 27.8 Å². The van der Waals surface area contributed by atoms with Crippen molar-refractivity contribution in [1.29, 1.82) is 0 Å². The Bertz CT molecular complexity index is 1040. The highest BCUT2D eigenvalue weighted by atomic mass is 32.1. The fourth-order valence-corrected chi connectivity index (χ4v) is 5.00. The molecule has 1 aliphatic rings. The highest BCUT2D eigenvalue weighted by Gasteiger charge is 2.24. The standard InChI is InChI=1S/C17H17N5O2S2/c1-10-4-5-12-13(7-10)26-16-15(12)17(24)22(21-20-16)9-14(23)19-18-8-11-3-2-6-25-11/h2-3,6,8,10H,4-5,7,9H2,1H3,(H,19,23)/b18-8-/t10-/m0/s1. The maximum Gasteiger partial charge on any atom is 0.279 e. The van der Waals surface area contributed by atoms with Gasteiger partial charge in [-0.25, -0.2) is 10.1 Å². The molecule has 1 atom stereocenters. The molecule has 0 aliphatic heterocycles. The number of thiophene rings is 2. The minimum Gasteiger partial charge on any atom is -0.271 e. The second-order valence-corrected chi connectivity index (χ2v) is 8.46. The summed E-state index contributed by atoms with van der Waals surface area (Å²) in [6, 6.07) is 3.80. The lowest BCUT2D eigenvalue weighted by molar-refractivity contribution is -0.121. The third-order valence-corrected chi connectivity index (χ3v) is 6.35. The Balaban J connectivity index is 1.54. The van der Waals surface area contributed by atoms with Crippen LogP contribution in [0.4, 0.5) is 0 Å². The van der Waals surface area contributed by atoms with Crippen molar-refractivity contribution in [3.05, 3.63) is 43.2 Å². The average molecular weight is 387 g/mol. The summed E-state index contributed by atoms with van der Waals surface area (Å²) >= 11 is 3.07. The fraction of sp³-hybridized carbons (Fsp3) is 0.353. The molecule has 3 heterocycles. The van der Waals surface area contributed by atoms with E-state index in [1.54, 1.807) is 17.6 Å². The molecule has 0 radical (unpaired) electrons. The monoisotopic (exact) mass is 387 g/mol. The molecule has 0 unspecified atom stereocenters. The molecule has 1 aliphatic carbocycles. The van der Waals surface area contributed by atoms with Gasteiger partial charge < -0.3 is 0 Å². The van der Waals surface area contributed by atoms with Gasteiger partial charge in [0.1, 0.15) is 6.54 Å². The summed E-state index contributed by atoms with van der Waals surface area (Å²) in [5.41, 5.74) is 3.26. The summed E-state index contributed by atoms with van der Waals surface area (Å²) in [5, 5.41) is 14.5. The molecule has 1 amide bonds. The van der Waals surface area contributed by atoms with Gasteiger partial charge in [0.05, 0.1) is 11.6 Å². The van der Waals surface area contributed by atoms with Gasteiger partial charge >= 0.3 is 0 Å². The molecule has 3 aromatic rings. The van der Waals surface area contributed by atoms with Crippen LogP contribution >= 0.6 is 22.7 Å². The van der Waals surface area contributed by atoms with Crippen LogP contribution in [-0.2, 0) is 24.2 Å². The molecular weight excluding hydrogens is 370 g/mol. The van der Waals surface area contributed by atoms with Crippen molar-refractivity contribution in [2.75, 3.05) is 0 Å². The van der Waals surface area contributed by atoms with E-state index in [4.69, 9.17) is 0 Å². The van der Waals surface area contributed by atoms with Gasteiger partial charge in [-0.2, -0.15) is 5.10 Å². The second kappa shape index (κ2) is 7.08. The first-order chi connectivity index (χ1) is 12.6. The van der Waals surface area contributed by atoms with Crippen LogP contribution in [0.25, 0.3) is 10.2 Å². The van der Waals surface area contributed by atoms with Crippen molar-refractivity contribution < 1.29 is 4.79 Å². The lowest BCUT2D eigenvalue weighted by atomic mass is 9.89. The van der Waals surface area contributed by atoms with E-state index in [9.17, 15) is 9.59 Å². The van der Waals surface area contributed by atoms with E-state index in [0.29, 0.717) is 16.1 Å². The summed E-state index contributed by atoms with van der Waals surface area (Å²) < 4.78 is 1.11. The molecule has 26 heavy (non-hydrogen) atoms. The van der Waals surface area contributed by atoms with Crippen molar-refractivity contribution >= 4 is 45.0 Å². The van der Waals surface area contributed by atoms with Crippen molar-refractivity contribution in [2.45, 2.75) is 32.7 Å². The van der Waals surface area contributed by atoms with Gasteiger partial charge in [-0.05, 0) is 42.2 Å². The summed E-state index contributed by atoms with van der Waals surface area (Å²) in [6.07, 6.45) is 4.50. The van der Waals surface area contributed by atoms with Gasteiger partial charge in [-0.3, -0.25) is 9.59 Å². The zero-order valence-corrected chi connectivity index (χ0v) is 15.8. The average Bonchev–Trinajstić information content (AvgIpc) is 3.24. The van der Waals surface area contributed by atoms with Crippen molar-refractivity contribution in [2.24, 2.45) is 11.0 Å². The van der Waals surface area contributed by atoms with Gasteiger partial charge in [0, 0.05) is 9.75 Å². The second-order valence-electron chi connectivity index (χ2n) is 6.39. The van der Waals surface area contributed by atoms with Gasteiger partial charge in [-0.1, -0.05) is 18.2 Å². The predicted molar refractivity (Wildman–Crippen MR) is 103 cm³/mol. The topological polar surface area (TPSA) is 89.2 Å². The van der Waals surface area contributed by atoms with Crippen LogP contribution in [0.3, 0.4) is 0 Å². The van der Waals surface area contributed by atoms with Crippen LogP contribution in [0.1, 0.15) is 28.7 Å². The van der Waals surface area contributed by atoms with Gasteiger partial charge in [0.15, 0.2) is 4.83 Å².